The number of carbonyl (C=O) groups excluding carboxylic acids is 1. The molecule has 0 aliphatic heterocycles. The van der Waals surface area contributed by atoms with Crippen LogP contribution in [-0.4, -0.2) is 28.2 Å². The molecule has 1 unspecified atom stereocenters. The SMILES string of the molecule is CC(O)(CO)C(=O)/C=C/c1ccc(Cl)cc1. The molecular formula is C12H13ClO3. The monoisotopic (exact) mass is 240 g/mol. The van der Waals surface area contributed by atoms with Gasteiger partial charge in [0, 0.05) is 5.02 Å². The van der Waals surface area contributed by atoms with Crippen molar-refractivity contribution in [3.05, 3.63) is 40.9 Å². The Balaban J connectivity index is 2.74. The molecule has 0 spiro atoms. The number of hydrogen-bond donors (Lipinski definition) is 2. The first-order valence-electron chi connectivity index (χ1n) is 4.77. The Morgan fingerprint density at radius 2 is 2.00 bits per heavy atom. The number of rotatable bonds is 4. The van der Waals surface area contributed by atoms with E-state index in [9.17, 15) is 9.90 Å². The average Bonchev–Trinajstić information content (AvgIpc) is 2.28. The lowest BCUT2D eigenvalue weighted by Gasteiger charge is -2.15. The van der Waals surface area contributed by atoms with Crippen molar-refractivity contribution in [3.8, 4) is 0 Å². The van der Waals surface area contributed by atoms with Gasteiger partial charge in [0.25, 0.3) is 0 Å². The summed E-state index contributed by atoms with van der Waals surface area (Å²) in [5.41, 5.74) is -0.922. The smallest absolute Gasteiger partial charge is 0.189 e. The van der Waals surface area contributed by atoms with E-state index in [0.717, 1.165) is 5.56 Å². The summed E-state index contributed by atoms with van der Waals surface area (Å²) < 4.78 is 0. The molecule has 1 rings (SSSR count). The molecule has 0 heterocycles. The van der Waals surface area contributed by atoms with Crippen molar-refractivity contribution < 1.29 is 15.0 Å². The summed E-state index contributed by atoms with van der Waals surface area (Å²) in [7, 11) is 0. The highest BCUT2D eigenvalue weighted by Gasteiger charge is 2.26. The van der Waals surface area contributed by atoms with Gasteiger partial charge in [-0.05, 0) is 30.7 Å². The zero-order chi connectivity index (χ0) is 12.2. The summed E-state index contributed by atoms with van der Waals surface area (Å²) >= 11 is 5.71. The molecule has 0 aromatic heterocycles. The molecular weight excluding hydrogens is 228 g/mol. The minimum atomic E-state index is -1.72. The molecule has 86 valence electrons. The fourth-order valence-electron chi connectivity index (χ4n) is 1.00. The predicted octanol–water partition coefficient (Wildman–Crippen LogP) is 1.67. The minimum absolute atomic E-state index is 0.537. The van der Waals surface area contributed by atoms with E-state index >= 15 is 0 Å². The number of hydrogen-bond acceptors (Lipinski definition) is 3. The van der Waals surface area contributed by atoms with E-state index in [4.69, 9.17) is 16.7 Å². The van der Waals surface area contributed by atoms with Crippen molar-refractivity contribution >= 4 is 23.5 Å². The maximum atomic E-state index is 11.4. The lowest BCUT2D eigenvalue weighted by atomic mass is 10.0. The molecule has 0 bridgehead atoms. The summed E-state index contributed by atoms with van der Waals surface area (Å²) in [5.74, 6) is -0.537. The fourth-order valence-corrected chi connectivity index (χ4v) is 1.13. The lowest BCUT2D eigenvalue weighted by Crippen LogP contribution is -2.37. The van der Waals surface area contributed by atoms with Crippen LogP contribution in [0.1, 0.15) is 12.5 Å². The second-order valence-electron chi connectivity index (χ2n) is 3.68. The molecule has 0 aliphatic rings. The number of aliphatic hydroxyl groups is 2. The first kappa shape index (κ1) is 12.9. The summed E-state index contributed by atoms with van der Waals surface area (Å²) in [5, 5.41) is 18.8. The first-order chi connectivity index (χ1) is 7.45. The zero-order valence-electron chi connectivity index (χ0n) is 8.85. The van der Waals surface area contributed by atoms with E-state index in [2.05, 4.69) is 0 Å². The van der Waals surface area contributed by atoms with Crippen LogP contribution in [0.5, 0.6) is 0 Å². The third-order valence-electron chi connectivity index (χ3n) is 2.14. The fraction of sp³-hybridized carbons (Fsp3) is 0.250. The van der Waals surface area contributed by atoms with E-state index in [1.807, 2.05) is 0 Å². The van der Waals surface area contributed by atoms with Crippen molar-refractivity contribution in [2.75, 3.05) is 6.61 Å². The van der Waals surface area contributed by atoms with Gasteiger partial charge < -0.3 is 10.2 Å². The average molecular weight is 241 g/mol. The van der Waals surface area contributed by atoms with Crippen molar-refractivity contribution in [3.63, 3.8) is 0 Å². The van der Waals surface area contributed by atoms with Crippen molar-refractivity contribution in [2.45, 2.75) is 12.5 Å². The van der Waals surface area contributed by atoms with Crippen LogP contribution < -0.4 is 0 Å². The van der Waals surface area contributed by atoms with Gasteiger partial charge in [-0.25, -0.2) is 0 Å². The lowest BCUT2D eigenvalue weighted by molar-refractivity contribution is -0.133. The van der Waals surface area contributed by atoms with Crippen LogP contribution in [0, 0.1) is 0 Å². The number of benzene rings is 1. The molecule has 0 aliphatic carbocycles. The molecule has 0 saturated heterocycles. The number of ketones is 1. The van der Waals surface area contributed by atoms with Crippen molar-refractivity contribution in [1.82, 2.24) is 0 Å². The van der Waals surface area contributed by atoms with Crippen molar-refractivity contribution in [1.29, 1.82) is 0 Å². The predicted molar refractivity (Wildman–Crippen MR) is 63.2 cm³/mol. The molecule has 1 aromatic rings. The quantitative estimate of drug-likeness (QED) is 0.787. The van der Waals surface area contributed by atoms with Gasteiger partial charge >= 0.3 is 0 Å². The Hall–Kier alpha value is -1.16. The Kier molecular flexibility index (Phi) is 4.24. The molecule has 0 fully saturated rings. The normalized spacial score (nSPS) is 15.0. The van der Waals surface area contributed by atoms with E-state index in [1.54, 1.807) is 30.3 Å². The Morgan fingerprint density at radius 3 is 2.50 bits per heavy atom. The Morgan fingerprint density at radius 1 is 1.44 bits per heavy atom. The Labute approximate surface area is 99.0 Å². The van der Waals surface area contributed by atoms with Crippen LogP contribution in [0.2, 0.25) is 5.02 Å². The molecule has 1 atom stereocenters. The molecule has 16 heavy (non-hydrogen) atoms. The number of carbonyl (C=O) groups is 1. The van der Waals surface area contributed by atoms with E-state index < -0.39 is 18.0 Å². The van der Waals surface area contributed by atoms with Crippen LogP contribution in [0.15, 0.2) is 30.3 Å². The van der Waals surface area contributed by atoms with Gasteiger partial charge in [-0.3, -0.25) is 4.79 Å². The van der Waals surface area contributed by atoms with Crippen LogP contribution in [0.3, 0.4) is 0 Å². The van der Waals surface area contributed by atoms with Crippen LogP contribution in [0.4, 0.5) is 0 Å². The summed E-state index contributed by atoms with van der Waals surface area (Å²) in [6.07, 6.45) is 2.79. The maximum Gasteiger partial charge on any atom is 0.189 e. The molecule has 0 amide bonds. The summed E-state index contributed by atoms with van der Waals surface area (Å²) in [6, 6.07) is 6.91. The second kappa shape index (κ2) is 5.25. The first-order valence-corrected chi connectivity index (χ1v) is 5.15. The maximum absolute atomic E-state index is 11.4. The van der Waals surface area contributed by atoms with E-state index in [0.29, 0.717) is 5.02 Å². The van der Waals surface area contributed by atoms with E-state index in [1.165, 1.54) is 13.0 Å². The molecule has 0 saturated carbocycles. The van der Waals surface area contributed by atoms with Gasteiger partial charge in [-0.2, -0.15) is 0 Å². The third-order valence-corrected chi connectivity index (χ3v) is 2.39. The van der Waals surface area contributed by atoms with Gasteiger partial charge in [0.1, 0.15) is 5.60 Å². The molecule has 0 radical (unpaired) electrons. The zero-order valence-corrected chi connectivity index (χ0v) is 9.61. The highest BCUT2D eigenvalue weighted by atomic mass is 35.5. The minimum Gasteiger partial charge on any atom is -0.393 e. The highest BCUT2D eigenvalue weighted by Crippen LogP contribution is 2.12. The molecule has 4 heteroatoms. The second-order valence-corrected chi connectivity index (χ2v) is 4.12. The van der Waals surface area contributed by atoms with Gasteiger partial charge in [-0.1, -0.05) is 29.8 Å². The van der Waals surface area contributed by atoms with Gasteiger partial charge in [0.15, 0.2) is 5.78 Å². The van der Waals surface area contributed by atoms with Crippen LogP contribution in [0.25, 0.3) is 6.08 Å². The molecule has 1 aromatic carbocycles. The van der Waals surface area contributed by atoms with E-state index in [-0.39, 0.29) is 0 Å². The third kappa shape index (κ3) is 3.45. The topological polar surface area (TPSA) is 57.5 Å². The van der Waals surface area contributed by atoms with Crippen LogP contribution in [-0.2, 0) is 4.79 Å². The Bertz CT molecular complexity index is 393. The number of halogens is 1. The summed E-state index contributed by atoms with van der Waals surface area (Å²) in [4.78, 5) is 11.4. The molecule has 2 N–H and O–H groups in total. The molecule has 3 nitrogen and oxygen atoms in total. The van der Waals surface area contributed by atoms with Crippen LogP contribution >= 0.6 is 11.6 Å². The largest absolute Gasteiger partial charge is 0.393 e. The summed E-state index contributed by atoms with van der Waals surface area (Å²) in [6.45, 7) is 0.665. The van der Waals surface area contributed by atoms with Crippen molar-refractivity contribution in [2.24, 2.45) is 0 Å². The highest BCUT2D eigenvalue weighted by molar-refractivity contribution is 6.30. The van der Waals surface area contributed by atoms with Gasteiger partial charge in [0.05, 0.1) is 6.61 Å². The standard InChI is InChI=1S/C12H13ClO3/c1-12(16,8-14)11(15)7-4-9-2-5-10(13)6-3-9/h2-7,14,16H,8H2,1H3/b7-4+. The number of aliphatic hydroxyl groups excluding tert-OH is 1. The van der Waals surface area contributed by atoms with Gasteiger partial charge in [0.2, 0.25) is 0 Å². The van der Waals surface area contributed by atoms with Gasteiger partial charge in [-0.15, -0.1) is 0 Å².